The quantitative estimate of drug-likeness (QED) is 0.881. The minimum absolute atomic E-state index is 0.175. The maximum atomic E-state index is 5.63. The largest absolute Gasteiger partial charge is 0.464 e. The van der Waals surface area contributed by atoms with Gasteiger partial charge in [0.05, 0.1) is 6.26 Å². The van der Waals surface area contributed by atoms with Crippen LogP contribution >= 0.6 is 0 Å². The number of hydrogen-bond donors (Lipinski definition) is 1. The molecule has 1 aliphatic rings. The standard InChI is InChI=1S/C20H31N3O/c1-20(2,23-11-8-18(9-12-23)22(3)4)15-21-14-17-7-5-6-16-10-13-24-19(16)17/h5-7,10,13,18,21H,8-9,11-12,14-15H2,1-4H3. The molecule has 2 heterocycles. The second-order valence-electron chi connectivity index (χ2n) is 7.85. The molecule has 0 radical (unpaired) electrons. The molecule has 0 atom stereocenters. The van der Waals surface area contributed by atoms with Crippen LogP contribution in [-0.4, -0.2) is 55.1 Å². The summed E-state index contributed by atoms with van der Waals surface area (Å²) < 4.78 is 5.63. The van der Waals surface area contributed by atoms with Crippen LogP contribution in [0.5, 0.6) is 0 Å². The fraction of sp³-hybridized carbons (Fsp3) is 0.600. The first-order valence-electron chi connectivity index (χ1n) is 9.05. The Morgan fingerprint density at radius 2 is 1.96 bits per heavy atom. The van der Waals surface area contributed by atoms with E-state index in [1.807, 2.05) is 6.07 Å². The normalized spacial score (nSPS) is 17.9. The van der Waals surface area contributed by atoms with E-state index < -0.39 is 0 Å². The molecular weight excluding hydrogens is 298 g/mol. The average molecular weight is 329 g/mol. The number of rotatable bonds is 6. The van der Waals surface area contributed by atoms with Gasteiger partial charge in [0.1, 0.15) is 5.58 Å². The first kappa shape index (κ1) is 17.5. The number of piperidine rings is 1. The number of nitrogens with one attached hydrogen (secondary N) is 1. The second-order valence-corrected chi connectivity index (χ2v) is 7.85. The Kier molecular flexibility index (Phi) is 5.28. The van der Waals surface area contributed by atoms with Crippen molar-refractivity contribution in [1.29, 1.82) is 0 Å². The van der Waals surface area contributed by atoms with Gasteiger partial charge in [0, 0.05) is 48.7 Å². The Hall–Kier alpha value is -1.36. The smallest absolute Gasteiger partial charge is 0.138 e. The van der Waals surface area contributed by atoms with E-state index in [9.17, 15) is 0 Å². The molecule has 4 nitrogen and oxygen atoms in total. The van der Waals surface area contributed by atoms with Gasteiger partial charge >= 0.3 is 0 Å². The lowest BCUT2D eigenvalue weighted by molar-refractivity contribution is 0.0616. The molecule has 0 amide bonds. The van der Waals surface area contributed by atoms with Crippen molar-refractivity contribution in [1.82, 2.24) is 15.1 Å². The van der Waals surface area contributed by atoms with Crippen LogP contribution in [0.25, 0.3) is 11.0 Å². The fourth-order valence-electron chi connectivity index (χ4n) is 3.80. The summed E-state index contributed by atoms with van der Waals surface area (Å²) >= 11 is 0. The van der Waals surface area contributed by atoms with Crippen molar-refractivity contribution in [2.75, 3.05) is 33.7 Å². The summed E-state index contributed by atoms with van der Waals surface area (Å²) in [5.41, 5.74) is 2.42. The van der Waals surface area contributed by atoms with Crippen molar-refractivity contribution in [3.8, 4) is 0 Å². The summed E-state index contributed by atoms with van der Waals surface area (Å²) in [6, 6.07) is 9.11. The van der Waals surface area contributed by atoms with E-state index in [-0.39, 0.29) is 5.54 Å². The number of likely N-dealkylation sites (tertiary alicyclic amines) is 1. The van der Waals surface area contributed by atoms with Crippen molar-refractivity contribution >= 4 is 11.0 Å². The van der Waals surface area contributed by atoms with Crippen LogP contribution in [-0.2, 0) is 6.54 Å². The fourth-order valence-corrected chi connectivity index (χ4v) is 3.80. The molecule has 0 aliphatic carbocycles. The van der Waals surface area contributed by atoms with Gasteiger partial charge in [-0.2, -0.15) is 0 Å². The molecule has 132 valence electrons. The molecule has 3 rings (SSSR count). The number of fused-ring (bicyclic) bond motifs is 1. The molecule has 1 aliphatic heterocycles. The van der Waals surface area contributed by atoms with Crippen LogP contribution in [0, 0.1) is 0 Å². The van der Waals surface area contributed by atoms with Gasteiger partial charge in [-0.15, -0.1) is 0 Å². The van der Waals surface area contributed by atoms with Gasteiger partial charge in [0.25, 0.3) is 0 Å². The van der Waals surface area contributed by atoms with Gasteiger partial charge in [-0.25, -0.2) is 0 Å². The first-order chi connectivity index (χ1) is 11.5. The van der Waals surface area contributed by atoms with Gasteiger partial charge < -0.3 is 14.6 Å². The molecule has 0 spiro atoms. The maximum Gasteiger partial charge on any atom is 0.138 e. The average Bonchev–Trinajstić information content (AvgIpc) is 3.04. The Balaban J connectivity index is 1.53. The highest BCUT2D eigenvalue weighted by Crippen LogP contribution is 2.23. The van der Waals surface area contributed by atoms with Gasteiger partial charge in [-0.05, 0) is 46.9 Å². The van der Waals surface area contributed by atoms with Crippen LogP contribution in [0.15, 0.2) is 34.9 Å². The van der Waals surface area contributed by atoms with Crippen LogP contribution in [0.1, 0.15) is 32.3 Å². The molecule has 1 saturated heterocycles. The predicted octanol–water partition coefficient (Wildman–Crippen LogP) is 3.33. The summed E-state index contributed by atoms with van der Waals surface area (Å²) in [4.78, 5) is 5.00. The predicted molar refractivity (Wildman–Crippen MR) is 100 cm³/mol. The highest BCUT2D eigenvalue weighted by atomic mass is 16.3. The van der Waals surface area contributed by atoms with Gasteiger partial charge in [0.2, 0.25) is 0 Å². The summed E-state index contributed by atoms with van der Waals surface area (Å²) in [5, 5.41) is 4.82. The Bertz CT molecular complexity index is 654. The molecule has 4 heteroatoms. The summed E-state index contributed by atoms with van der Waals surface area (Å²) in [7, 11) is 4.39. The van der Waals surface area contributed by atoms with E-state index in [0.29, 0.717) is 0 Å². The van der Waals surface area contributed by atoms with Crippen molar-refractivity contribution in [2.24, 2.45) is 0 Å². The van der Waals surface area contributed by atoms with Crippen LogP contribution in [0.4, 0.5) is 0 Å². The molecule has 1 N–H and O–H groups in total. The van der Waals surface area contributed by atoms with Gasteiger partial charge in [0.15, 0.2) is 0 Å². The van der Waals surface area contributed by atoms with Crippen LogP contribution < -0.4 is 5.32 Å². The Morgan fingerprint density at radius 3 is 2.67 bits per heavy atom. The monoisotopic (exact) mass is 329 g/mol. The van der Waals surface area contributed by atoms with Gasteiger partial charge in [-0.3, -0.25) is 4.90 Å². The maximum absolute atomic E-state index is 5.63. The summed E-state index contributed by atoms with van der Waals surface area (Å²) in [5.74, 6) is 0. The third kappa shape index (κ3) is 3.82. The minimum atomic E-state index is 0.175. The molecule has 1 aromatic heterocycles. The van der Waals surface area contributed by atoms with Crippen molar-refractivity contribution < 1.29 is 4.42 Å². The number of para-hydroxylation sites is 1. The molecule has 1 aromatic carbocycles. The van der Waals surface area contributed by atoms with Crippen molar-refractivity contribution in [3.05, 3.63) is 36.1 Å². The molecular formula is C20H31N3O. The molecule has 2 aromatic rings. The molecule has 1 fully saturated rings. The third-order valence-corrected chi connectivity index (χ3v) is 5.48. The number of hydrogen-bond acceptors (Lipinski definition) is 4. The lowest BCUT2D eigenvalue weighted by Crippen LogP contribution is -2.55. The molecule has 24 heavy (non-hydrogen) atoms. The minimum Gasteiger partial charge on any atom is -0.464 e. The van der Waals surface area contributed by atoms with E-state index in [2.05, 4.69) is 61.3 Å². The van der Waals surface area contributed by atoms with Crippen molar-refractivity contribution in [2.45, 2.75) is 44.8 Å². The van der Waals surface area contributed by atoms with E-state index >= 15 is 0 Å². The van der Waals surface area contributed by atoms with Crippen molar-refractivity contribution in [3.63, 3.8) is 0 Å². The zero-order valence-electron chi connectivity index (χ0n) is 15.5. The topological polar surface area (TPSA) is 31.6 Å². The molecule has 0 bridgehead atoms. The Labute approximate surface area is 145 Å². The summed E-state index contributed by atoms with van der Waals surface area (Å²) in [6.07, 6.45) is 4.30. The van der Waals surface area contributed by atoms with Gasteiger partial charge in [-0.1, -0.05) is 18.2 Å². The van der Waals surface area contributed by atoms with Crippen LogP contribution in [0.3, 0.4) is 0 Å². The molecule has 0 saturated carbocycles. The summed E-state index contributed by atoms with van der Waals surface area (Å²) in [6.45, 7) is 8.91. The van der Waals surface area contributed by atoms with E-state index in [1.165, 1.54) is 36.9 Å². The lowest BCUT2D eigenvalue weighted by atomic mass is 9.95. The molecule has 0 unspecified atom stereocenters. The number of benzene rings is 1. The van der Waals surface area contributed by atoms with E-state index in [1.54, 1.807) is 6.26 Å². The van der Waals surface area contributed by atoms with E-state index in [4.69, 9.17) is 4.42 Å². The SMILES string of the molecule is CN(C)C1CCN(C(C)(C)CNCc2cccc3ccoc23)CC1. The zero-order valence-corrected chi connectivity index (χ0v) is 15.5. The number of furan rings is 1. The number of nitrogens with zero attached hydrogens (tertiary/aromatic N) is 2. The first-order valence-corrected chi connectivity index (χ1v) is 9.05. The van der Waals surface area contributed by atoms with Crippen LogP contribution in [0.2, 0.25) is 0 Å². The highest BCUT2D eigenvalue weighted by Gasteiger charge is 2.30. The third-order valence-electron chi connectivity index (χ3n) is 5.48. The van der Waals surface area contributed by atoms with E-state index in [0.717, 1.165) is 24.7 Å². The Morgan fingerprint density at radius 1 is 1.21 bits per heavy atom. The highest BCUT2D eigenvalue weighted by molar-refractivity contribution is 5.80. The lowest BCUT2D eigenvalue weighted by Gasteiger charge is -2.44. The second kappa shape index (κ2) is 7.26. The zero-order chi connectivity index (χ0) is 17.2.